The smallest absolute Gasteiger partial charge is 0.311 e. The molecular formula is C19H20N4O3. The van der Waals surface area contributed by atoms with E-state index in [0.29, 0.717) is 28.8 Å². The summed E-state index contributed by atoms with van der Waals surface area (Å²) >= 11 is 0. The van der Waals surface area contributed by atoms with Crippen molar-refractivity contribution in [3.63, 3.8) is 0 Å². The highest BCUT2D eigenvalue weighted by atomic mass is 16.5. The molecule has 0 fully saturated rings. The third kappa shape index (κ3) is 3.56. The normalized spacial score (nSPS) is 11.5. The Morgan fingerprint density at radius 1 is 1.23 bits per heavy atom. The number of aromatic hydroxyl groups is 1. The second kappa shape index (κ2) is 7.35. The number of carbonyl (C=O) groups excluding carboxylic acids is 1. The third-order valence-electron chi connectivity index (χ3n) is 4.03. The number of azo groups is 1. The van der Waals surface area contributed by atoms with E-state index in [4.69, 9.17) is 4.74 Å². The Balaban J connectivity index is 2.00. The van der Waals surface area contributed by atoms with Crippen molar-refractivity contribution in [1.82, 2.24) is 9.38 Å². The molecule has 0 bridgehead atoms. The van der Waals surface area contributed by atoms with Gasteiger partial charge < -0.3 is 9.84 Å². The van der Waals surface area contributed by atoms with Crippen LogP contribution in [0.5, 0.6) is 5.75 Å². The van der Waals surface area contributed by atoms with Gasteiger partial charge in [0.05, 0.1) is 24.9 Å². The van der Waals surface area contributed by atoms with Crippen LogP contribution < -0.4 is 0 Å². The number of hydrogen-bond acceptors (Lipinski definition) is 6. The van der Waals surface area contributed by atoms with Gasteiger partial charge in [-0.1, -0.05) is 26.0 Å². The van der Waals surface area contributed by atoms with Crippen LogP contribution >= 0.6 is 0 Å². The van der Waals surface area contributed by atoms with Gasteiger partial charge in [0.25, 0.3) is 0 Å². The molecule has 7 heteroatoms. The molecule has 1 N–H and O–H groups in total. The van der Waals surface area contributed by atoms with E-state index in [0.717, 1.165) is 0 Å². The molecule has 0 unspecified atom stereocenters. The average Bonchev–Trinajstić information content (AvgIpc) is 2.98. The van der Waals surface area contributed by atoms with Crippen molar-refractivity contribution in [2.75, 3.05) is 7.11 Å². The number of nitrogens with zero attached hydrogens (tertiary/aromatic N) is 4. The van der Waals surface area contributed by atoms with Crippen molar-refractivity contribution >= 4 is 23.1 Å². The lowest BCUT2D eigenvalue weighted by atomic mass is 10.0. The summed E-state index contributed by atoms with van der Waals surface area (Å²) in [6.07, 6.45) is 1.65. The standard InChI is InChI=1S/C19H20N4O3/c1-12(2)13-6-8-14(9-7-13)21-22-18-15(11-17(25)26-3)20-19-16(24)5-4-10-23(18)19/h4-10,12,24H,11H2,1-3H3. The summed E-state index contributed by atoms with van der Waals surface area (Å²) in [5.74, 6) is 0.385. The summed E-state index contributed by atoms with van der Waals surface area (Å²) in [7, 11) is 1.31. The fraction of sp³-hybridized carbons (Fsp3) is 0.263. The van der Waals surface area contributed by atoms with E-state index in [9.17, 15) is 9.90 Å². The third-order valence-corrected chi connectivity index (χ3v) is 4.03. The maximum atomic E-state index is 11.7. The molecular weight excluding hydrogens is 332 g/mol. The Kier molecular flexibility index (Phi) is 4.97. The molecule has 0 aliphatic carbocycles. The van der Waals surface area contributed by atoms with Crippen LogP contribution in [-0.4, -0.2) is 27.6 Å². The van der Waals surface area contributed by atoms with Gasteiger partial charge in [0, 0.05) is 6.20 Å². The van der Waals surface area contributed by atoms with E-state index < -0.39 is 5.97 Å². The van der Waals surface area contributed by atoms with Crippen LogP contribution in [0.1, 0.15) is 31.0 Å². The van der Waals surface area contributed by atoms with Gasteiger partial charge in [0.2, 0.25) is 0 Å². The van der Waals surface area contributed by atoms with Gasteiger partial charge in [-0.15, -0.1) is 10.2 Å². The van der Waals surface area contributed by atoms with Crippen molar-refractivity contribution in [3.05, 3.63) is 53.9 Å². The van der Waals surface area contributed by atoms with Gasteiger partial charge in [-0.25, -0.2) is 4.98 Å². The molecule has 2 aromatic heterocycles. The second-order valence-electron chi connectivity index (χ2n) is 6.17. The average molecular weight is 352 g/mol. The molecule has 0 aliphatic heterocycles. The number of hydrogen-bond donors (Lipinski definition) is 1. The first kappa shape index (κ1) is 17.6. The number of fused-ring (bicyclic) bond motifs is 1. The Morgan fingerprint density at radius 2 is 1.96 bits per heavy atom. The first-order chi connectivity index (χ1) is 12.5. The van der Waals surface area contributed by atoms with E-state index in [-0.39, 0.29) is 12.2 Å². The molecule has 3 rings (SSSR count). The van der Waals surface area contributed by atoms with Crippen LogP contribution in [0.4, 0.5) is 11.5 Å². The molecule has 3 aromatic rings. The lowest BCUT2D eigenvalue weighted by molar-refractivity contribution is -0.139. The molecule has 7 nitrogen and oxygen atoms in total. The molecule has 0 saturated heterocycles. The van der Waals surface area contributed by atoms with Crippen molar-refractivity contribution in [3.8, 4) is 5.75 Å². The Labute approximate surface area is 151 Å². The van der Waals surface area contributed by atoms with Crippen LogP contribution in [0.3, 0.4) is 0 Å². The zero-order chi connectivity index (χ0) is 18.7. The fourth-order valence-electron chi connectivity index (χ4n) is 2.55. The van der Waals surface area contributed by atoms with Crippen LogP contribution in [0, 0.1) is 0 Å². The first-order valence-corrected chi connectivity index (χ1v) is 8.27. The molecule has 0 radical (unpaired) electrons. The number of aromatic nitrogens is 2. The highest BCUT2D eigenvalue weighted by Gasteiger charge is 2.17. The maximum Gasteiger partial charge on any atom is 0.311 e. The molecule has 26 heavy (non-hydrogen) atoms. The van der Waals surface area contributed by atoms with E-state index in [1.54, 1.807) is 16.7 Å². The topological polar surface area (TPSA) is 88.5 Å². The summed E-state index contributed by atoms with van der Waals surface area (Å²) < 4.78 is 6.31. The van der Waals surface area contributed by atoms with E-state index >= 15 is 0 Å². The quantitative estimate of drug-likeness (QED) is 0.548. The van der Waals surface area contributed by atoms with Crippen molar-refractivity contribution in [1.29, 1.82) is 0 Å². The highest BCUT2D eigenvalue weighted by Crippen LogP contribution is 2.29. The lowest BCUT2D eigenvalue weighted by Crippen LogP contribution is -2.04. The summed E-state index contributed by atoms with van der Waals surface area (Å²) in [5, 5.41) is 18.5. The van der Waals surface area contributed by atoms with Crippen molar-refractivity contribution < 1.29 is 14.6 Å². The second-order valence-corrected chi connectivity index (χ2v) is 6.17. The number of imidazole rings is 1. The minimum absolute atomic E-state index is 0.00125. The Morgan fingerprint density at radius 3 is 2.62 bits per heavy atom. The maximum absolute atomic E-state index is 11.7. The zero-order valence-electron chi connectivity index (χ0n) is 14.9. The molecule has 1 aromatic carbocycles. The Hall–Kier alpha value is -3.22. The van der Waals surface area contributed by atoms with Gasteiger partial charge in [-0.3, -0.25) is 9.20 Å². The van der Waals surface area contributed by atoms with Crippen molar-refractivity contribution in [2.24, 2.45) is 10.2 Å². The van der Waals surface area contributed by atoms with Gasteiger partial charge in [-0.05, 0) is 35.7 Å². The van der Waals surface area contributed by atoms with Gasteiger partial charge >= 0.3 is 5.97 Å². The predicted octanol–water partition coefficient (Wildman–Crippen LogP) is 4.29. The highest BCUT2D eigenvalue weighted by molar-refractivity contribution is 5.74. The monoisotopic (exact) mass is 352 g/mol. The SMILES string of the molecule is COC(=O)Cc1nc2c(O)cccn2c1N=Nc1ccc(C(C)C)cc1. The summed E-state index contributed by atoms with van der Waals surface area (Å²) in [5.41, 5.74) is 2.61. The lowest BCUT2D eigenvalue weighted by Gasteiger charge is -2.04. The molecule has 0 saturated carbocycles. The number of methoxy groups -OCH3 is 1. The van der Waals surface area contributed by atoms with E-state index in [2.05, 4.69) is 29.1 Å². The molecule has 2 heterocycles. The number of benzene rings is 1. The van der Waals surface area contributed by atoms with Gasteiger partial charge in [-0.2, -0.15) is 0 Å². The predicted molar refractivity (Wildman–Crippen MR) is 97.3 cm³/mol. The summed E-state index contributed by atoms with van der Waals surface area (Å²) in [6, 6.07) is 11.0. The van der Waals surface area contributed by atoms with Gasteiger partial charge in [0.15, 0.2) is 17.2 Å². The number of pyridine rings is 1. The number of ether oxygens (including phenoxy) is 1. The van der Waals surface area contributed by atoms with Crippen molar-refractivity contribution in [2.45, 2.75) is 26.2 Å². The zero-order valence-corrected chi connectivity index (χ0v) is 14.9. The number of rotatable bonds is 5. The largest absolute Gasteiger partial charge is 0.504 e. The van der Waals surface area contributed by atoms with Crippen LogP contribution in [0.2, 0.25) is 0 Å². The van der Waals surface area contributed by atoms with Crippen LogP contribution in [0.15, 0.2) is 52.8 Å². The number of esters is 1. The minimum atomic E-state index is -0.439. The fourth-order valence-corrected chi connectivity index (χ4v) is 2.55. The summed E-state index contributed by atoms with van der Waals surface area (Å²) in [4.78, 5) is 16.0. The van der Waals surface area contributed by atoms with E-state index in [1.807, 2.05) is 24.3 Å². The van der Waals surface area contributed by atoms with Crippen LogP contribution in [-0.2, 0) is 16.0 Å². The summed E-state index contributed by atoms with van der Waals surface area (Å²) in [6.45, 7) is 4.25. The molecule has 0 atom stereocenters. The van der Waals surface area contributed by atoms with Gasteiger partial charge in [0.1, 0.15) is 0 Å². The molecule has 0 spiro atoms. The molecule has 0 amide bonds. The molecule has 134 valence electrons. The minimum Gasteiger partial charge on any atom is -0.504 e. The first-order valence-electron chi connectivity index (χ1n) is 8.27. The Bertz CT molecular complexity index is 959. The van der Waals surface area contributed by atoms with E-state index in [1.165, 1.54) is 18.7 Å². The molecule has 0 aliphatic rings. The number of carbonyl (C=O) groups is 1. The van der Waals surface area contributed by atoms with Crippen LogP contribution in [0.25, 0.3) is 5.65 Å².